The van der Waals surface area contributed by atoms with E-state index < -0.39 is 16.4 Å². The van der Waals surface area contributed by atoms with E-state index >= 15 is 0 Å². The van der Waals surface area contributed by atoms with Crippen molar-refractivity contribution in [3.8, 4) is 11.4 Å². The van der Waals surface area contributed by atoms with Gasteiger partial charge in [0.1, 0.15) is 24.7 Å². The van der Waals surface area contributed by atoms with E-state index in [1.54, 1.807) is 42.5 Å². The first kappa shape index (κ1) is 39.7. The predicted molar refractivity (Wildman–Crippen MR) is 210 cm³/mol. The molecule has 0 amide bonds. The Bertz CT molecular complexity index is 2270. The van der Waals surface area contributed by atoms with Crippen LogP contribution < -0.4 is 4.74 Å². The van der Waals surface area contributed by atoms with E-state index in [1.165, 1.54) is 19.1 Å². The first-order chi connectivity index (χ1) is 27.0. The number of nitro groups is 1. The van der Waals surface area contributed by atoms with Gasteiger partial charge in [-0.1, -0.05) is 23.4 Å². The molecule has 6 rings (SSSR count). The first-order valence-corrected chi connectivity index (χ1v) is 18.4. The molecule has 0 saturated carbocycles. The van der Waals surface area contributed by atoms with Crippen LogP contribution in [0.3, 0.4) is 0 Å². The number of fused-ring (bicyclic) bond motifs is 3. The molecule has 0 spiro atoms. The van der Waals surface area contributed by atoms with Gasteiger partial charge in [-0.05, 0) is 75.4 Å². The standard InChI is InChI=1S/C42H44N4O10/c1-5-52-20-17-39(48)55-24-23-54-34-8-6-7-29(25-34)40(49)30-9-15-37-35(26-30)36-27-31(10-16-38(36)45(37)32-11-13-33(14-12-32)46(50)51)41(43-56-28(2)47)42(3,4)44-18-21-53-22-19-44/h6-16,25-27H,5,17-24H2,1-4H3/b43-41-. The van der Waals surface area contributed by atoms with Crippen molar-refractivity contribution in [3.63, 3.8) is 0 Å². The van der Waals surface area contributed by atoms with Crippen LogP contribution in [0.1, 0.15) is 55.6 Å². The zero-order valence-corrected chi connectivity index (χ0v) is 31.8. The molecule has 0 N–H and O–H groups in total. The fraction of sp³-hybridized carbons (Fsp3) is 0.333. The third-order valence-corrected chi connectivity index (χ3v) is 9.63. The number of esters is 1. The average Bonchev–Trinajstić information content (AvgIpc) is 3.52. The Kier molecular flexibility index (Phi) is 12.5. The number of hydrogen-bond acceptors (Lipinski definition) is 12. The number of morpholine rings is 1. The zero-order valence-electron chi connectivity index (χ0n) is 31.8. The van der Waals surface area contributed by atoms with Gasteiger partial charge in [-0.2, -0.15) is 0 Å². The van der Waals surface area contributed by atoms with E-state index in [2.05, 4.69) is 10.1 Å². The Morgan fingerprint density at radius 3 is 2.18 bits per heavy atom. The third-order valence-electron chi connectivity index (χ3n) is 9.63. The van der Waals surface area contributed by atoms with Crippen molar-refractivity contribution in [2.24, 2.45) is 5.16 Å². The minimum Gasteiger partial charge on any atom is -0.490 e. The van der Waals surface area contributed by atoms with Crippen molar-refractivity contribution in [3.05, 3.63) is 112 Å². The highest BCUT2D eigenvalue weighted by Gasteiger charge is 2.35. The summed E-state index contributed by atoms with van der Waals surface area (Å²) in [5.41, 5.74) is 3.61. The number of carbonyl (C=O) groups excluding carboxylic acids is 3. The number of ketones is 1. The Labute approximate surface area is 323 Å². The number of non-ortho nitro benzene ring substituents is 1. The Morgan fingerprint density at radius 2 is 1.52 bits per heavy atom. The fourth-order valence-electron chi connectivity index (χ4n) is 6.79. The fourth-order valence-corrected chi connectivity index (χ4v) is 6.79. The van der Waals surface area contributed by atoms with E-state index in [-0.39, 0.29) is 37.1 Å². The number of nitro benzene ring substituents is 1. The third kappa shape index (κ3) is 8.94. The van der Waals surface area contributed by atoms with Crippen LogP contribution in [-0.4, -0.2) is 96.1 Å². The van der Waals surface area contributed by atoms with Gasteiger partial charge in [0, 0.05) is 71.9 Å². The summed E-state index contributed by atoms with van der Waals surface area (Å²) in [6, 6.07) is 24.3. The zero-order chi connectivity index (χ0) is 39.8. The van der Waals surface area contributed by atoms with Crippen molar-refractivity contribution >= 4 is 50.9 Å². The highest BCUT2D eigenvalue weighted by Crippen LogP contribution is 2.36. The monoisotopic (exact) mass is 764 g/mol. The maximum Gasteiger partial charge on any atom is 0.331 e. The van der Waals surface area contributed by atoms with E-state index in [0.29, 0.717) is 73.4 Å². The normalized spacial score (nSPS) is 13.8. The molecule has 0 bridgehead atoms. The maximum atomic E-state index is 14.0. The van der Waals surface area contributed by atoms with Gasteiger partial charge in [-0.15, -0.1) is 0 Å². The summed E-state index contributed by atoms with van der Waals surface area (Å²) in [5, 5.41) is 17.4. The molecule has 0 aliphatic carbocycles. The molecule has 14 heteroatoms. The maximum absolute atomic E-state index is 14.0. The van der Waals surface area contributed by atoms with Gasteiger partial charge in [0.15, 0.2) is 5.78 Å². The van der Waals surface area contributed by atoms with Gasteiger partial charge in [0.05, 0.1) is 47.7 Å². The molecular formula is C42H44N4O10. The second-order valence-electron chi connectivity index (χ2n) is 13.6. The number of benzene rings is 4. The summed E-state index contributed by atoms with van der Waals surface area (Å²) < 4.78 is 23.8. The van der Waals surface area contributed by atoms with E-state index in [0.717, 1.165) is 21.8 Å². The summed E-state index contributed by atoms with van der Waals surface area (Å²) in [5.74, 6) is -0.718. The van der Waals surface area contributed by atoms with E-state index in [4.69, 9.17) is 23.8 Å². The highest BCUT2D eigenvalue weighted by molar-refractivity contribution is 6.17. The molecule has 1 aliphatic heterocycles. The molecule has 1 saturated heterocycles. The second-order valence-corrected chi connectivity index (χ2v) is 13.6. The number of aromatic nitrogens is 1. The average molecular weight is 765 g/mol. The van der Waals surface area contributed by atoms with Crippen molar-refractivity contribution in [2.75, 3.05) is 52.7 Å². The molecule has 0 radical (unpaired) electrons. The summed E-state index contributed by atoms with van der Waals surface area (Å²) in [4.78, 5) is 56.4. The van der Waals surface area contributed by atoms with Gasteiger partial charge in [0.2, 0.25) is 0 Å². The molecule has 1 aliphatic rings. The van der Waals surface area contributed by atoms with Crippen LogP contribution >= 0.6 is 0 Å². The van der Waals surface area contributed by atoms with Gasteiger partial charge < -0.3 is 28.4 Å². The van der Waals surface area contributed by atoms with Crippen LogP contribution in [0, 0.1) is 10.1 Å². The summed E-state index contributed by atoms with van der Waals surface area (Å²) in [7, 11) is 0. The van der Waals surface area contributed by atoms with Gasteiger partial charge >= 0.3 is 11.9 Å². The molecule has 4 aromatic carbocycles. The van der Waals surface area contributed by atoms with Crippen LogP contribution in [0.5, 0.6) is 5.75 Å². The molecule has 1 aromatic heterocycles. The lowest BCUT2D eigenvalue weighted by Crippen LogP contribution is -2.54. The lowest BCUT2D eigenvalue weighted by atomic mass is 9.89. The number of nitrogens with zero attached hydrogens (tertiary/aromatic N) is 4. The Hall–Kier alpha value is -5.96. The second kappa shape index (κ2) is 17.7. The minimum atomic E-state index is -0.664. The Balaban J connectivity index is 1.38. The van der Waals surface area contributed by atoms with Crippen LogP contribution in [0.25, 0.3) is 27.5 Å². The van der Waals surface area contributed by atoms with Crippen LogP contribution in [0.2, 0.25) is 0 Å². The minimum absolute atomic E-state index is 0.0360. The summed E-state index contributed by atoms with van der Waals surface area (Å²) >= 11 is 0. The summed E-state index contributed by atoms with van der Waals surface area (Å²) in [6.45, 7) is 10.6. The molecule has 56 heavy (non-hydrogen) atoms. The molecule has 5 aromatic rings. The molecule has 0 atom stereocenters. The van der Waals surface area contributed by atoms with Gasteiger partial charge in [-0.25, -0.2) is 4.79 Å². The topological polar surface area (TPSA) is 161 Å². The van der Waals surface area contributed by atoms with Crippen LogP contribution in [-0.2, 0) is 28.6 Å². The van der Waals surface area contributed by atoms with Crippen molar-refractivity contribution in [2.45, 2.75) is 39.7 Å². The molecule has 14 nitrogen and oxygen atoms in total. The number of ether oxygens (including phenoxy) is 4. The van der Waals surface area contributed by atoms with E-state index in [9.17, 15) is 24.5 Å². The smallest absolute Gasteiger partial charge is 0.331 e. The van der Waals surface area contributed by atoms with E-state index in [1.807, 2.05) is 55.7 Å². The molecule has 1 fully saturated rings. The highest BCUT2D eigenvalue weighted by atomic mass is 16.7. The van der Waals surface area contributed by atoms with Gasteiger partial charge in [0.25, 0.3) is 5.69 Å². The SMILES string of the molecule is CCOCCC(=O)OCCOc1cccc(C(=O)c2ccc3c(c2)c2cc(/C(=N/OC(C)=O)C(C)(C)N4CCOCC4)ccc2n3-c2ccc([N+](=O)[O-])cc2)c1. The summed E-state index contributed by atoms with van der Waals surface area (Å²) in [6.07, 6.45) is 0.158. The lowest BCUT2D eigenvalue weighted by Gasteiger charge is -2.41. The number of rotatable bonds is 16. The lowest BCUT2D eigenvalue weighted by molar-refractivity contribution is -0.384. The van der Waals surface area contributed by atoms with Crippen molar-refractivity contribution in [1.29, 1.82) is 0 Å². The quantitative estimate of drug-likeness (QED) is 0.0201. The molecule has 292 valence electrons. The van der Waals surface area contributed by atoms with Crippen molar-refractivity contribution in [1.82, 2.24) is 9.47 Å². The molecular weight excluding hydrogens is 720 g/mol. The van der Waals surface area contributed by atoms with Crippen LogP contribution in [0.4, 0.5) is 5.69 Å². The molecule has 2 heterocycles. The van der Waals surface area contributed by atoms with Gasteiger partial charge in [-0.3, -0.25) is 24.6 Å². The molecule has 0 unspecified atom stereocenters. The number of carbonyl (C=O) groups is 3. The van der Waals surface area contributed by atoms with Crippen LogP contribution in [0.15, 0.2) is 90.1 Å². The first-order valence-electron chi connectivity index (χ1n) is 18.4. The predicted octanol–water partition coefficient (Wildman–Crippen LogP) is 6.65. The number of oxime groups is 1. The number of hydrogen-bond donors (Lipinski definition) is 0. The Morgan fingerprint density at radius 1 is 0.857 bits per heavy atom. The van der Waals surface area contributed by atoms with Crippen molar-refractivity contribution < 1.29 is 43.1 Å². The largest absolute Gasteiger partial charge is 0.490 e.